The molecule has 1 saturated heterocycles. The number of carbonyl (C=O) groups is 1. The van der Waals surface area contributed by atoms with Gasteiger partial charge in [0.15, 0.2) is 0 Å². The molecule has 6 nitrogen and oxygen atoms in total. The van der Waals surface area contributed by atoms with Crippen LogP contribution in [0.4, 0.5) is 11.4 Å². The molecule has 1 fully saturated rings. The van der Waals surface area contributed by atoms with Crippen molar-refractivity contribution >= 4 is 29.0 Å². The van der Waals surface area contributed by atoms with E-state index in [1.807, 2.05) is 11.8 Å². The lowest BCUT2D eigenvalue weighted by atomic mass is 10.1. The maximum absolute atomic E-state index is 12.0. The van der Waals surface area contributed by atoms with E-state index in [-0.39, 0.29) is 11.6 Å². The minimum atomic E-state index is -0.490. The van der Waals surface area contributed by atoms with Crippen molar-refractivity contribution in [3.05, 3.63) is 33.9 Å². The summed E-state index contributed by atoms with van der Waals surface area (Å²) in [7, 11) is 1.61. The number of benzene rings is 1. The van der Waals surface area contributed by atoms with Gasteiger partial charge in [-0.1, -0.05) is 0 Å². The number of amides is 1. The molecule has 1 amide bonds. The molecular weight excluding hydrogens is 278 g/mol. The Hall–Kier alpha value is -1.76. The lowest BCUT2D eigenvalue weighted by Gasteiger charge is -2.10. The van der Waals surface area contributed by atoms with Crippen LogP contribution in [0.15, 0.2) is 18.2 Å². The number of anilines is 1. The van der Waals surface area contributed by atoms with Gasteiger partial charge in [0.05, 0.1) is 4.92 Å². The first-order valence-corrected chi connectivity index (χ1v) is 7.59. The summed E-state index contributed by atoms with van der Waals surface area (Å²) in [4.78, 5) is 22.5. The Morgan fingerprint density at radius 1 is 1.55 bits per heavy atom. The zero-order valence-corrected chi connectivity index (χ0v) is 12.0. The molecule has 7 heteroatoms. The third-order valence-electron chi connectivity index (χ3n) is 3.30. The summed E-state index contributed by atoms with van der Waals surface area (Å²) in [6.07, 6.45) is 1.11. The van der Waals surface area contributed by atoms with Crippen LogP contribution in [-0.4, -0.2) is 35.9 Å². The Balaban J connectivity index is 2.05. The molecule has 1 heterocycles. The molecule has 1 unspecified atom stereocenters. The molecule has 1 aliphatic rings. The quantitative estimate of drug-likeness (QED) is 0.642. The largest absolute Gasteiger partial charge is 0.383 e. The maximum Gasteiger partial charge on any atom is 0.293 e. The van der Waals surface area contributed by atoms with Crippen LogP contribution in [-0.2, 0) is 0 Å². The van der Waals surface area contributed by atoms with Crippen molar-refractivity contribution in [1.82, 2.24) is 5.32 Å². The molecule has 108 valence electrons. The molecular formula is C13H17N3O3S. The summed E-state index contributed by atoms with van der Waals surface area (Å²) in [5, 5.41) is 16.5. The van der Waals surface area contributed by atoms with Crippen molar-refractivity contribution in [3.63, 3.8) is 0 Å². The smallest absolute Gasteiger partial charge is 0.293 e. The molecule has 20 heavy (non-hydrogen) atoms. The molecule has 0 aliphatic carbocycles. The molecule has 1 aromatic rings. The highest BCUT2D eigenvalue weighted by molar-refractivity contribution is 7.99. The first-order valence-electron chi connectivity index (χ1n) is 6.44. The number of nitrogens with one attached hydrogen (secondary N) is 2. The SMILES string of the molecule is CNc1ccc(C(=O)NCC2CCSC2)cc1[N+](=O)[O-]. The van der Waals surface area contributed by atoms with Crippen LogP contribution in [0.25, 0.3) is 0 Å². The number of hydrogen-bond acceptors (Lipinski definition) is 5. The standard InChI is InChI=1S/C13H17N3O3S/c1-14-11-3-2-10(6-12(11)16(18)19)13(17)15-7-9-4-5-20-8-9/h2-3,6,9,14H,4-5,7-8H2,1H3,(H,15,17). The van der Waals surface area contributed by atoms with E-state index in [9.17, 15) is 14.9 Å². The molecule has 0 radical (unpaired) electrons. The summed E-state index contributed by atoms with van der Waals surface area (Å²) >= 11 is 1.89. The van der Waals surface area contributed by atoms with Gasteiger partial charge < -0.3 is 10.6 Å². The Morgan fingerprint density at radius 3 is 2.95 bits per heavy atom. The number of carbonyl (C=O) groups excluding carboxylic acids is 1. The second kappa shape index (κ2) is 6.60. The van der Waals surface area contributed by atoms with Gasteiger partial charge >= 0.3 is 0 Å². The van der Waals surface area contributed by atoms with E-state index in [0.717, 1.165) is 17.9 Å². The van der Waals surface area contributed by atoms with Gasteiger partial charge in [-0.05, 0) is 36.0 Å². The second-order valence-electron chi connectivity index (χ2n) is 4.68. The molecule has 1 atom stereocenters. The summed E-state index contributed by atoms with van der Waals surface area (Å²) in [5.74, 6) is 2.46. The van der Waals surface area contributed by atoms with E-state index in [1.165, 1.54) is 6.07 Å². The van der Waals surface area contributed by atoms with Crippen molar-refractivity contribution in [2.24, 2.45) is 5.92 Å². The molecule has 1 aromatic carbocycles. The predicted octanol–water partition coefficient (Wildman–Crippen LogP) is 2.12. The van der Waals surface area contributed by atoms with Crippen molar-refractivity contribution in [2.75, 3.05) is 30.4 Å². The van der Waals surface area contributed by atoms with Crippen LogP contribution in [0.2, 0.25) is 0 Å². The number of thioether (sulfide) groups is 1. The van der Waals surface area contributed by atoms with Crippen molar-refractivity contribution in [1.29, 1.82) is 0 Å². The van der Waals surface area contributed by atoms with Gasteiger partial charge in [0.2, 0.25) is 0 Å². The highest BCUT2D eigenvalue weighted by atomic mass is 32.2. The van der Waals surface area contributed by atoms with E-state index >= 15 is 0 Å². The minimum Gasteiger partial charge on any atom is -0.383 e. The zero-order valence-electron chi connectivity index (χ0n) is 11.2. The van der Waals surface area contributed by atoms with Crippen molar-refractivity contribution in [2.45, 2.75) is 6.42 Å². The predicted molar refractivity (Wildman–Crippen MR) is 80.4 cm³/mol. The first kappa shape index (κ1) is 14.6. The van der Waals surface area contributed by atoms with Crippen LogP contribution in [0.5, 0.6) is 0 Å². The highest BCUT2D eigenvalue weighted by Gasteiger charge is 2.19. The minimum absolute atomic E-state index is 0.0865. The Labute approximate surface area is 121 Å². The van der Waals surface area contributed by atoms with Gasteiger partial charge in [0.25, 0.3) is 11.6 Å². The van der Waals surface area contributed by atoms with Gasteiger partial charge in [-0.25, -0.2) is 0 Å². The molecule has 2 rings (SSSR count). The van der Waals surface area contributed by atoms with Gasteiger partial charge in [-0.15, -0.1) is 0 Å². The van der Waals surface area contributed by atoms with Crippen LogP contribution in [0, 0.1) is 16.0 Å². The second-order valence-corrected chi connectivity index (χ2v) is 5.83. The van der Waals surface area contributed by atoms with Crippen LogP contribution >= 0.6 is 11.8 Å². The number of nitrogens with zero attached hydrogens (tertiary/aromatic N) is 1. The molecule has 1 aliphatic heterocycles. The van der Waals surface area contributed by atoms with E-state index < -0.39 is 4.92 Å². The van der Waals surface area contributed by atoms with E-state index in [1.54, 1.807) is 19.2 Å². The van der Waals surface area contributed by atoms with Crippen molar-refractivity contribution in [3.8, 4) is 0 Å². The van der Waals surface area contributed by atoms with Gasteiger partial charge in [-0.2, -0.15) is 11.8 Å². The third kappa shape index (κ3) is 3.41. The van der Waals surface area contributed by atoms with Gasteiger partial charge in [0.1, 0.15) is 5.69 Å². The Morgan fingerprint density at radius 2 is 2.35 bits per heavy atom. The van der Waals surface area contributed by atoms with E-state index in [0.29, 0.717) is 23.7 Å². The maximum atomic E-state index is 12.0. The third-order valence-corrected chi connectivity index (χ3v) is 4.53. The summed E-state index contributed by atoms with van der Waals surface area (Å²) in [5.41, 5.74) is 0.636. The molecule has 2 N–H and O–H groups in total. The fraction of sp³-hybridized carbons (Fsp3) is 0.462. The Kier molecular flexibility index (Phi) is 4.84. The molecule has 0 saturated carbocycles. The van der Waals surface area contributed by atoms with Crippen LogP contribution < -0.4 is 10.6 Å². The average molecular weight is 295 g/mol. The van der Waals surface area contributed by atoms with Crippen molar-refractivity contribution < 1.29 is 9.72 Å². The zero-order chi connectivity index (χ0) is 14.5. The van der Waals surface area contributed by atoms with E-state index in [2.05, 4.69) is 10.6 Å². The summed E-state index contributed by atoms with van der Waals surface area (Å²) < 4.78 is 0. The lowest BCUT2D eigenvalue weighted by molar-refractivity contribution is -0.384. The van der Waals surface area contributed by atoms with E-state index in [4.69, 9.17) is 0 Å². The fourth-order valence-corrected chi connectivity index (χ4v) is 3.40. The number of nitro groups is 1. The first-order chi connectivity index (χ1) is 9.61. The average Bonchev–Trinajstić information content (AvgIpc) is 2.97. The lowest BCUT2D eigenvalue weighted by Crippen LogP contribution is -2.29. The highest BCUT2D eigenvalue weighted by Crippen LogP contribution is 2.25. The fourth-order valence-electron chi connectivity index (χ4n) is 2.12. The van der Waals surface area contributed by atoms with Gasteiger partial charge in [0, 0.05) is 25.2 Å². The molecule has 0 spiro atoms. The topological polar surface area (TPSA) is 84.3 Å². The number of hydrogen-bond donors (Lipinski definition) is 2. The van der Waals surface area contributed by atoms with Crippen LogP contribution in [0.1, 0.15) is 16.8 Å². The summed E-state index contributed by atoms with van der Waals surface area (Å²) in [6, 6.07) is 4.46. The molecule has 0 aromatic heterocycles. The monoisotopic (exact) mass is 295 g/mol. The van der Waals surface area contributed by atoms with Gasteiger partial charge in [-0.3, -0.25) is 14.9 Å². The normalized spacial score (nSPS) is 17.8. The Bertz CT molecular complexity index is 516. The molecule has 0 bridgehead atoms. The number of nitro benzene ring substituents is 1. The van der Waals surface area contributed by atoms with Crippen LogP contribution in [0.3, 0.4) is 0 Å². The number of rotatable bonds is 5. The summed E-state index contributed by atoms with van der Waals surface area (Å²) in [6.45, 7) is 0.632.